The Hall–Kier alpha value is -1.42. The number of hydrogen-bond acceptors (Lipinski definition) is 3. The maximum absolute atomic E-state index is 11.4. The Morgan fingerprint density at radius 2 is 2.14 bits per heavy atom. The highest BCUT2D eigenvalue weighted by atomic mass is 16.2. The van der Waals surface area contributed by atoms with E-state index in [2.05, 4.69) is 15.6 Å². The van der Waals surface area contributed by atoms with E-state index in [1.165, 1.54) is 0 Å². The highest BCUT2D eigenvalue weighted by molar-refractivity contribution is 5.81. The average molecular weight is 193 g/mol. The number of carbonyl (C=O) groups excluding carboxylic acids is 1. The Bertz CT molecular complexity index is 287. The Labute approximate surface area is 83.7 Å². The summed E-state index contributed by atoms with van der Waals surface area (Å²) in [6.07, 6.45) is 3.42. The number of nitrogens with zero attached hydrogens (tertiary/aromatic N) is 1. The molecule has 76 valence electrons. The summed E-state index contributed by atoms with van der Waals surface area (Å²) in [6, 6.07) is 3.60. The highest BCUT2D eigenvalue weighted by Gasteiger charge is 2.08. The van der Waals surface area contributed by atoms with Crippen LogP contribution in [0.5, 0.6) is 0 Å². The average Bonchev–Trinajstić information content (AvgIpc) is 2.26. The summed E-state index contributed by atoms with van der Waals surface area (Å²) in [5, 5.41) is 5.70. The first-order chi connectivity index (χ1) is 6.74. The zero-order valence-corrected chi connectivity index (χ0v) is 8.45. The van der Waals surface area contributed by atoms with Gasteiger partial charge in [0.2, 0.25) is 5.91 Å². The Kier molecular flexibility index (Phi) is 4.07. The van der Waals surface area contributed by atoms with Gasteiger partial charge in [-0.15, -0.1) is 0 Å². The molecule has 1 aromatic rings. The molecular formula is C10H15N3O. The van der Waals surface area contributed by atoms with E-state index in [-0.39, 0.29) is 11.9 Å². The standard InChI is InChI=1S/C10H15N3O/c1-8(11-2)10(14)13-7-9-3-5-12-6-4-9/h3-6,8,11H,7H2,1-2H3,(H,13,14). The second-order valence-corrected chi connectivity index (χ2v) is 3.08. The summed E-state index contributed by atoms with van der Waals surface area (Å²) >= 11 is 0. The zero-order chi connectivity index (χ0) is 10.4. The molecule has 14 heavy (non-hydrogen) atoms. The molecule has 1 heterocycles. The predicted octanol–water partition coefficient (Wildman–Crippen LogP) is 0.306. The first-order valence-electron chi connectivity index (χ1n) is 4.58. The van der Waals surface area contributed by atoms with Crippen molar-refractivity contribution in [3.05, 3.63) is 30.1 Å². The van der Waals surface area contributed by atoms with E-state index in [0.717, 1.165) is 5.56 Å². The summed E-state index contributed by atoms with van der Waals surface area (Å²) in [6.45, 7) is 2.37. The summed E-state index contributed by atoms with van der Waals surface area (Å²) in [5.41, 5.74) is 1.05. The van der Waals surface area contributed by atoms with E-state index in [1.807, 2.05) is 19.1 Å². The summed E-state index contributed by atoms with van der Waals surface area (Å²) < 4.78 is 0. The number of pyridine rings is 1. The van der Waals surface area contributed by atoms with E-state index in [9.17, 15) is 4.79 Å². The second-order valence-electron chi connectivity index (χ2n) is 3.08. The fourth-order valence-corrected chi connectivity index (χ4v) is 0.974. The number of aromatic nitrogens is 1. The predicted molar refractivity (Wildman–Crippen MR) is 54.6 cm³/mol. The van der Waals surface area contributed by atoms with Crippen molar-refractivity contribution in [3.63, 3.8) is 0 Å². The van der Waals surface area contributed by atoms with Crippen molar-refractivity contribution in [1.29, 1.82) is 0 Å². The van der Waals surface area contributed by atoms with E-state index < -0.39 is 0 Å². The molecule has 0 saturated heterocycles. The molecule has 0 saturated carbocycles. The van der Waals surface area contributed by atoms with E-state index in [1.54, 1.807) is 19.4 Å². The lowest BCUT2D eigenvalue weighted by molar-refractivity contribution is -0.122. The van der Waals surface area contributed by atoms with Crippen LogP contribution in [0.15, 0.2) is 24.5 Å². The molecule has 1 aromatic heterocycles. The van der Waals surface area contributed by atoms with Crippen LogP contribution in [-0.2, 0) is 11.3 Å². The number of likely N-dealkylation sites (N-methyl/N-ethyl adjacent to an activating group) is 1. The molecular weight excluding hydrogens is 178 g/mol. The molecule has 0 aliphatic rings. The van der Waals surface area contributed by atoms with Crippen molar-refractivity contribution in [2.75, 3.05) is 7.05 Å². The van der Waals surface area contributed by atoms with Crippen LogP contribution < -0.4 is 10.6 Å². The molecule has 0 fully saturated rings. The summed E-state index contributed by atoms with van der Waals surface area (Å²) in [5.74, 6) is 0.00399. The summed E-state index contributed by atoms with van der Waals surface area (Å²) in [4.78, 5) is 15.3. The van der Waals surface area contributed by atoms with Crippen LogP contribution in [0.4, 0.5) is 0 Å². The van der Waals surface area contributed by atoms with Gasteiger partial charge in [0, 0.05) is 18.9 Å². The lowest BCUT2D eigenvalue weighted by Gasteiger charge is -2.10. The van der Waals surface area contributed by atoms with Crippen molar-refractivity contribution >= 4 is 5.91 Å². The van der Waals surface area contributed by atoms with Crippen LogP contribution in [0.2, 0.25) is 0 Å². The van der Waals surface area contributed by atoms with Gasteiger partial charge in [-0.1, -0.05) is 0 Å². The molecule has 1 rings (SSSR count). The minimum atomic E-state index is -0.156. The number of amides is 1. The number of hydrogen-bond donors (Lipinski definition) is 2. The molecule has 4 heteroatoms. The van der Waals surface area contributed by atoms with Gasteiger partial charge in [0.1, 0.15) is 0 Å². The van der Waals surface area contributed by atoms with Crippen LogP contribution in [0, 0.1) is 0 Å². The van der Waals surface area contributed by atoms with Crippen LogP contribution in [0.3, 0.4) is 0 Å². The molecule has 0 bridgehead atoms. The van der Waals surface area contributed by atoms with Crippen molar-refractivity contribution in [2.45, 2.75) is 19.5 Å². The van der Waals surface area contributed by atoms with Gasteiger partial charge < -0.3 is 10.6 Å². The largest absolute Gasteiger partial charge is 0.351 e. The third kappa shape index (κ3) is 3.14. The highest BCUT2D eigenvalue weighted by Crippen LogP contribution is 1.95. The molecule has 0 radical (unpaired) electrons. The molecule has 0 aliphatic carbocycles. The van der Waals surface area contributed by atoms with E-state index in [4.69, 9.17) is 0 Å². The zero-order valence-electron chi connectivity index (χ0n) is 8.45. The van der Waals surface area contributed by atoms with Crippen molar-refractivity contribution in [3.8, 4) is 0 Å². The Morgan fingerprint density at radius 3 is 2.71 bits per heavy atom. The minimum absolute atomic E-state index is 0.00399. The van der Waals surface area contributed by atoms with Gasteiger partial charge in [-0.2, -0.15) is 0 Å². The third-order valence-electron chi connectivity index (χ3n) is 2.04. The Balaban J connectivity index is 2.38. The fraction of sp³-hybridized carbons (Fsp3) is 0.400. The lowest BCUT2D eigenvalue weighted by Crippen LogP contribution is -2.39. The van der Waals surface area contributed by atoms with Crippen LogP contribution in [0.25, 0.3) is 0 Å². The van der Waals surface area contributed by atoms with Gasteiger partial charge in [-0.05, 0) is 31.7 Å². The Morgan fingerprint density at radius 1 is 1.50 bits per heavy atom. The van der Waals surface area contributed by atoms with Crippen molar-refractivity contribution < 1.29 is 4.79 Å². The number of carbonyl (C=O) groups is 1. The SMILES string of the molecule is CNC(C)C(=O)NCc1ccncc1. The van der Waals surface area contributed by atoms with Gasteiger partial charge in [-0.3, -0.25) is 9.78 Å². The first kappa shape index (κ1) is 10.7. The first-order valence-corrected chi connectivity index (χ1v) is 4.58. The quantitative estimate of drug-likeness (QED) is 0.723. The van der Waals surface area contributed by atoms with Gasteiger partial charge >= 0.3 is 0 Å². The molecule has 1 amide bonds. The lowest BCUT2D eigenvalue weighted by atomic mass is 10.2. The summed E-state index contributed by atoms with van der Waals surface area (Å²) in [7, 11) is 1.76. The molecule has 0 aliphatic heterocycles. The molecule has 0 spiro atoms. The van der Waals surface area contributed by atoms with Crippen molar-refractivity contribution in [1.82, 2.24) is 15.6 Å². The molecule has 1 atom stereocenters. The maximum Gasteiger partial charge on any atom is 0.237 e. The van der Waals surface area contributed by atoms with Gasteiger partial charge in [0.05, 0.1) is 6.04 Å². The number of rotatable bonds is 4. The van der Waals surface area contributed by atoms with Crippen LogP contribution in [-0.4, -0.2) is 24.0 Å². The van der Waals surface area contributed by atoms with E-state index >= 15 is 0 Å². The smallest absolute Gasteiger partial charge is 0.237 e. The molecule has 2 N–H and O–H groups in total. The van der Waals surface area contributed by atoms with E-state index in [0.29, 0.717) is 6.54 Å². The van der Waals surface area contributed by atoms with Crippen LogP contribution in [0.1, 0.15) is 12.5 Å². The second kappa shape index (κ2) is 5.34. The third-order valence-corrected chi connectivity index (χ3v) is 2.04. The van der Waals surface area contributed by atoms with Gasteiger partial charge in [0.25, 0.3) is 0 Å². The topological polar surface area (TPSA) is 54.0 Å². The molecule has 1 unspecified atom stereocenters. The van der Waals surface area contributed by atoms with Gasteiger partial charge in [-0.25, -0.2) is 0 Å². The van der Waals surface area contributed by atoms with Gasteiger partial charge in [0.15, 0.2) is 0 Å². The number of nitrogens with one attached hydrogen (secondary N) is 2. The normalized spacial score (nSPS) is 12.1. The minimum Gasteiger partial charge on any atom is -0.351 e. The maximum atomic E-state index is 11.4. The van der Waals surface area contributed by atoms with Crippen LogP contribution >= 0.6 is 0 Å². The van der Waals surface area contributed by atoms with Crippen molar-refractivity contribution in [2.24, 2.45) is 0 Å². The monoisotopic (exact) mass is 193 g/mol. The fourth-order valence-electron chi connectivity index (χ4n) is 0.974. The molecule has 4 nitrogen and oxygen atoms in total. The molecule has 0 aromatic carbocycles.